The average Bonchev–Trinajstić information content (AvgIpc) is 1.83. The molecular weight excluding hydrogens is 171 g/mol. The number of hydrogen-bond donors (Lipinski definition) is 1. The van der Waals surface area contributed by atoms with Gasteiger partial charge in [-0.1, -0.05) is 34.1 Å². The second-order valence-electron chi connectivity index (χ2n) is 5.05. The normalized spacial score (nSPS) is 31.4. The summed E-state index contributed by atoms with van der Waals surface area (Å²) in [5, 5.41) is -0.760. The molecule has 12 heavy (non-hydrogen) atoms. The van der Waals surface area contributed by atoms with Gasteiger partial charge >= 0.3 is 0 Å². The third-order valence-corrected chi connectivity index (χ3v) is 6.95. The molecule has 1 rings (SSSR count). The second-order valence-corrected chi connectivity index (χ2v) is 8.63. The fourth-order valence-electron chi connectivity index (χ4n) is 2.08. The lowest BCUT2D eigenvalue weighted by Crippen LogP contribution is -2.37. The molecule has 72 valence electrons. The highest BCUT2D eigenvalue weighted by atomic mass is 31.2. The predicted octanol–water partition coefficient (Wildman–Crippen LogP) is 3.00. The Kier molecular flexibility index (Phi) is 2.22. The lowest BCUT2D eigenvalue weighted by atomic mass is 9.98. The van der Waals surface area contributed by atoms with Gasteiger partial charge < -0.3 is 4.89 Å². The van der Waals surface area contributed by atoms with Gasteiger partial charge in [-0.2, -0.15) is 0 Å². The molecule has 0 aromatic heterocycles. The van der Waals surface area contributed by atoms with Crippen molar-refractivity contribution in [2.24, 2.45) is 0 Å². The van der Waals surface area contributed by atoms with Crippen LogP contribution in [0.4, 0.5) is 0 Å². The minimum atomic E-state index is -2.99. The van der Waals surface area contributed by atoms with Gasteiger partial charge in [-0.3, -0.25) is 4.57 Å². The maximum atomic E-state index is 12.1. The molecule has 0 spiro atoms. The molecule has 1 heterocycles. The van der Waals surface area contributed by atoms with Crippen LogP contribution in [0.15, 0.2) is 0 Å². The van der Waals surface area contributed by atoms with Crippen molar-refractivity contribution in [2.45, 2.75) is 57.3 Å². The van der Waals surface area contributed by atoms with Crippen LogP contribution < -0.4 is 0 Å². The second kappa shape index (κ2) is 2.59. The third-order valence-electron chi connectivity index (χ3n) is 3.22. The van der Waals surface area contributed by atoms with E-state index >= 15 is 0 Å². The van der Waals surface area contributed by atoms with E-state index in [1.54, 1.807) is 0 Å². The van der Waals surface area contributed by atoms with Crippen molar-refractivity contribution in [1.29, 1.82) is 0 Å². The van der Waals surface area contributed by atoms with Crippen molar-refractivity contribution >= 4 is 7.37 Å². The first-order valence-corrected chi connectivity index (χ1v) is 6.20. The zero-order valence-electron chi connectivity index (χ0n) is 8.42. The van der Waals surface area contributed by atoms with Crippen molar-refractivity contribution in [2.75, 3.05) is 0 Å². The summed E-state index contributed by atoms with van der Waals surface area (Å²) >= 11 is 0. The molecule has 0 aromatic rings. The van der Waals surface area contributed by atoms with E-state index in [0.29, 0.717) is 0 Å². The van der Waals surface area contributed by atoms with E-state index < -0.39 is 7.37 Å². The van der Waals surface area contributed by atoms with Crippen molar-refractivity contribution in [3.05, 3.63) is 0 Å². The fourth-order valence-corrected chi connectivity index (χ4v) is 4.64. The Labute approximate surface area is 74.8 Å². The van der Waals surface area contributed by atoms with Gasteiger partial charge in [-0.25, -0.2) is 0 Å². The van der Waals surface area contributed by atoms with Crippen molar-refractivity contribution < 1.29 is 9.46 Å². The topological polar surface area (TPSA) is 37.3 Å². The van der Waals surface area contributed by atoms with Crippen LogP contribution in [-0.2, 0) is 4.57 Å². The molecule has 0 aliphatic carbocycles. The molecule has 0 unspecified atom stereocenters. The minimum Gasteiger partial charge on any atom is -0.344 e. The van der Waals surface area contributed by atoms with Crippen molar-refractivity contribution in [3.8, 4) is 0 Å². The summed E-state index contributed by atoms with van der Waals surface area (Å²) in [5.74, 6) is 0. The van der Waals surface area contributed by atoms with Crippen LogP contribution >= 0.6 is 7.37 Å². The minimum absolute atomic E-state index is 0.380. The summed E-state index contributed by atoms with van der Waals surface area (Å²) in [6, 6.07) is 0. The smallest absolute Gasteiger partial charge is 0.211 e. The Morgan fingerprint density at radius 3 is 1.67 bits per heavy atom. The lowest BCUT2D eigenvalue weighted by Gasteiger charge is -2.45. The Hall–Kier alpha value is 0.190. The standard InChI is InChI=1S/C9H19O2P/c1-8(2)6-5-7-9(3,4)12(8,10)11/h5-7H2,1-4H3,(H,10,11). The predicted molar refractivity (Wildman–Crippen MR) is 51.8 cm³/mol. The first kappa shape index (κ1) is 10.3. The Bertz CT molecular complexity index is 211. The van der Waals surface area contributed by atoms with Crippen molar-refractivity contribution in [3.63, 3.8) is 0 Å². The lowest BCUT2D eigenvalue weighted by molar-refractivity contribution is 0.343. The first-order chi connectivity index (χ1) is 5.21. The van der Waals surface area contributed by atoms with E-state index in [2.05, 4.69) is 0 Å². The summed E-state index contributed by atoms with van der Waals surface area (Å²) < 4.78 is 12.1. The molecule has 2 nitrogen and oxygen atoms in total. The number of rotatable bonds is 0. The Morgan fingerprint density at radius 2 is 1.42 bits per heavy atom. The van der Waals surface area contributed by atoms with Gasteiger partial charge in [0, 0.05) is 10.3 Å². The van der Waals surface area contributed by atoms with Gasteiger partial charge in [0.05, 0.1) is 0 Å². The fraction of sp³-hybridized carbons (Fsp3) is 1.00. The summed E-state index contributed by atoms with van der Waals surface area (Å²) in [7, 11) is -2.99. The van der Waals surface area contributed by atoms with Gasteiger partial charge in [-0.05, 0) is 12.8 Å². The molecule has 1 fully saturated rings. The summed E-state index contributed by atoms with van der Waals surface area (Å²) in [6.07, 6.45) is 2.83. The van der Waals surface area contributed by atoms with Crippen LogP contribution in [0.1, 0.15) is 47.0 Å². The molecule has 0 radical (unpaired) electrons. The third kappa shape index (κ3) is 1.25. The van der Waals surface area contributed by atoms with Crippen LogP contribution in [0.3, 0.4) is 0 Å². The average molecular weight is 190 g/mol. The van der Waals surface area contributed by atoms with E-state index in [-0.39, 0.29) is 10.3 Å². The molecule has 0 amide bonds. The van der Waals surface area contributed by atoms with E-state index in [1.807, 2.05) is 27.7 Å². The van der Waals surface area contributed by atoms with Crippen LogP contribution in [0.25, 0.3) is 0 Å². The van der Waals surface area contributed by atoms with Crippen LogP contribution in [0, 0.1) is 0 Å². The van der Waals surface area contributed by atoms with Crippen LogP contribution in [-0.4, -0.2) is 15.2 Å². The molecule has 0 aromatic carbocycles. The largest absolute Gasteiger partial charge is 0.344 e. The summed E-state index contributed by atoms with van der Waals surface area (Å²) in [4.78, 5) is 9.99. The highest BCUT2D eigenvalue weighted by Gasteiger charge is 2.52. The zero-order chi connectivity index (χ0) is 9.62. The molecular formula is C9H19O2P. The molecule has 1 aliphatic heterocycles. The van der Waals surface area contributed by atoms with Gasteiger partial charge in [-0.15, -0.1) is 0 Å². The molecule has 1 saturated heterocycles. The maximum absolute atomic E-state index is 12.1. The zero-order valence-corrected chi connectivity index (χ0v) is 9.32. The summed E-state index contributed by atoms with van der Waals surface area (Å²) in [6.45, 7) is 7.65. The molecule has 0 atom stereocenters. The highest BCUT2D eigenvalue weighted by molar-refractivity contribution is 7.61. The van der Waals surface area contributed by atoms with Crippen LogP contribution in [0.2, 0.25) is 0 Å². The quantitative estimate of drug-likeness (QED) is 0.596. The van der Waals surface area contributed by atoms with Gasteiger partial charge in [0.15, 0.2) is 0 Å². The van der Waals surface area contributed by atoms with Gasteiger partial charge in [0.2, 0.25) is 7.37 Å². The molecule has 0 bridgehead atoms. The van der Waals surface area contributed by atoms with Gasteiger partial charge in [0.25, 0.3) is 0 Å². The van der Waals surface area contributed by atoms with E-state index in [9.17, 15) is 9.46 Å². The van der Waals surface area contributed by atoms with E-state index in [4.69, 9.17) is 0 Å². The number of hydrogen-bond acceptors (Lipinski definition) is 1. The SMILES string of the molecule is CC1(C)CCCC(C)(C)P1(=O)O. The molecule has 0 saturated carbocycles. The molecule has 1 aliphatic rings. The molecule has 3 heteroatoms. The maximum Gasteiger partial charge on any atom is 0.211 e. The Morgan fingerprint density at radius 1 is 1.08 bits per heavy atom. The van der Waals surface area contributed by atoms with Crippen LogP contribution in [0.5, 0.6) is 0 Å². The summed E-state index contributed by atoms with van der Waals surface area (Å²) in [5.41, 5.74) is 0. The van der Waals surface area contributed by atoms with Gasteiger partial charge in [0.1, 0.15) is 0 Å². The van der Waals surface area contributed by atoms with E-state index in [0.717, 1.165) is 19.3 Å². The monoisotopic (exact) mass is 190 g/mol. The molecule has 1 N–H and O–H groups in total. The van der Waals surface area contributed by atoms with Crippen molar-refractivity contribution in [1.82, 2.24) is 0 Å². The highest BCUT2D eigenvalue weighted by Crippen LogP contribution is 2.69. The first-order valence-electron chi connectivity index (χ1n) is 4.54. The Balaban J connectivity index is 3.08. The van der Waals surface area contributed by atoms with E-state index in [1.165, 1.54) is 0 Å².